The lowest BCUT2D eigenvalue weighted by Crippen LogP contribution is -2.37. The molecule has 1 spiro atoms. The van der Waals surface area contributed by atoms with Crippen LogP contribution >= 0.6 is 0 Å². The van der Waals surface area contributed by atoms with Gasteiger partial charge in [0, 0.05) is 30.9 Å². The standard InChI is InChI=1S/C15H20N2O5/c1-4-16-10-15(11(12(16)18)13(19)21-3)6-8-17(9-7-15)14(20)22-5-2/h6-9,11H,4-5,10H2,1-3H3. The molecule has 2 heterocycles. The zero-order chi connectivity index (χ0) is 16.3. The van der Waals surface area contributed by atoms with Crippen molar-refractivity contribution in [3.63, 3.8) is 0 Å². The highest BCUT2D eigenvalue weighted by Gasteiger charge is 2.54. The molecule has 0 saturated carbocycles. The molecular weight excluding hydrogens is 288 g/mol. The molecule has 1 unspecified atom stereocenters. The van der Waals surface area contributed by atoms with Crippen molar-refractivity contribution < 1.29 is 23.9 Å². The number of carbonyl (C=O) groups excluding carboxylic acids is 3. The molecule has 2 amide bonds. The fraction of sp³-hybridized carbons (Fsp3) is 0.533. The van der Waals surface area contributed by atoms with Crippen LogP contribution in [0.4, 0.5) is 4.79 Å². The SMILES string of the molecule is CCOC(=O)N1C=CC2(C=C1)CN(CC)C(=O)C2C(=O)OC. The van der Waals surface area contributed by atoms with Gasteiger partial charge in [-0.1, -0.05) is 12.2 Å². The van der Waals surface area contributed by atoms with Crippen molar-refractivity contribution in [3.05, 3.63) is 24.6 Å². The average molecular weight is 308 g/mol. The normalized spacial score (nSPS) is 22.3. The van der Waals surface area contributed by atoms with Crippen molar-refractivity contribution in [2.24, 2.45) is 11.3 Å². The lowest BCUT2D eigenvalue weighted by molar-refractivity contribution is -0.152. The Morgan fingerprint density at radius 2 is 1.95 bits per heavy atom. The molecule has 2 aliphatic heterocycles. The van der Waals surface area contributed by atoms with Gasteiger partial charge in [-0.05, 0) is 13.8 Å². The second-order valence-electron chi connectivity index (χ2n) is 5.16. The Labute approximate surface area is 129 Å². The maximum Gasteiger partial charge on any atom is 0.417 e. The van der Waals surface area contributed by atoms with Gasteiger partial charge in [-0.15, -0.1) is 0 Å². The van der Waals surface area contributed by atoms with Gasteiger partial charge >= 0.3 is 12.1 Å². The predicted octanol–water partition coefficient (Wildman–Crippen LogP) is 1.12. The van der Waals surface area contributed by atoms with Gasteiger partial charge in [0.1, 0.15) is 5.92 Å². The van der Waals surface area contributed by atoms with E-state index in [0.29, 0.717) is 13.1 Å². The van der Waals surface area contributed by atoms with Crippen LogP contribution in [0.3, 0.4) is 0 Å². The van der Waals surface area contributed by atoms with Crippen molar-refractivity contribution in [1.82, 2.24) is 9.80 Å². The van der Waals surface area contributed by atoms with Gasteiger partial charge in [0.2, 0.25) is 5.91 Å². The summed E-state index contributed by atoms with van der Waals surface area (Å²) < 4.78 is 9.69. The summed E-state index contributed by atoms with van der Waals surface area (Å²) in [5, 5.41) is 0. The minimum absolute atomic E-state index is 0.256. The van der Waals surface area contributed by atoms with Gasteiger partial charge in [-0.3, -0.25) is 14.5 Å². The molecule has 0 N–H and O–H groups in total. The van der Waals surface area contributed by atoms with Crippen molar-refractivity contribution in [3.8, 4) is 0 Å². The summed E-state index contributed by atoms with van der Waals surface area (Å²) >= 11 is 0. The molecule has 0 aromatic heterocycles. The van der Waals surface area contributed by atoms with Gasteiger partial charge in [-0.2, -0.15) is 0 Å². The molecule has 22 heavy (non-hydrogen) atoms. The molecule has 0 aromatic carbocycles. The Hall–Kier alpha value is -2.31. The molecule has 7 nitrogen and oxygen atoms in total. The first kappa shape index (κ1) is 16.1. The van der Waals surface area contributed by atoms with Crippen LogP contribution in [0.2, 0.25) is 0 Å². The number of nitrogens with zero attached hydrogens (tertiary/aromatic N) is 2. The van der Waals surface area contributed by atoms with Crippen molar-refractivity contribution in [1.29, 1.82) is 0 Å². The number of amides is 2. The van der Waals surface area contributed by atoms with Crippen LogP contribution in [0.25, 0.3) is 0 Å². The van der Waals surface area contributed by atoms with E-state index in [4.69, 9.17) is 9.47 Å². The number of hydrogen-bond acceptors (Lipinski definition) is 5. The third-order valence-corrected chi connectivity index (χ3v) is 3.95. The van der Waals surface area contributed by atoms with E-state index in [1.807, 2.05) is 6.92 Å². The largest absolute Gasteiger partial charge is 0.468 e. The highest BCUT2D eigenvalue weighted by Crippen LogP contribution is 2.42. The van der Waals surface area contributed by atoms with E-state index >= 15 is 0 Å². The maximum absolute atomic E-state index is 12.4. The number of esters is 1. The number of methoxy groups -OCH3 is 1. The molecule has 7 heteroatoms. The molecule has 0 radical (unpaired) electrons. The molecule has 2 aliphatic rings. The molecule has 1 saturated heterocycles. The Morgan fingerprint density at radius 1 is 1.32 bits per heavy atom. The summed E-state index contributed by atoms with van der Waals surface area (Å²) in [5.41, 5.74) is -0.789. The highest BCUT2D eigenvalue weighted by molar-refractivity contribution is 6.01. The summed E-state index contributed by atoms with van der Waals surface area (Å²) in [7, 11) is 1.26. The lowest BCUT2D eigenvalue weighted by Gasteiger charge is -2.29. The first-order valence-corrected chi connectivity index (χ1v) is 7.19. The van der Waals surface area contributed by atoms with Crippen LogP contribution in [-0.2, 0) is 19.1 Å². The van der Waals surface area contributed by atoms with E-state index in [9.17, 15) is 14.4 Å². The molecule has 1 fully saturated rings. The van der Waals surface area contributed by atoms with E-state index in [2.05, 4.69) is 0 Å². The fourth-order valence-corrected chi connectivity index (χ4v) is 2.78. The van der Waals surface area contributed by atoms with Gasteiger partial charge < -0.3 is 14.4 Å². The summed E-state index contributed by atoms with van der Waals surface area (Å²) in [5.74, 6) is -1.75. The Bertz CT molecular complexity index is 526. The fourth-order valence-electron chi connectivity index (χ4n) is 2.78. The lowest BCUT2D eigenvalue weighted by atomic mass is 9.76. The third kappa shape index (κ3) is 2.58. The third-order valence-electron chi connectivity index (χ3n) is 3.95. The molecular formula is C15H20N2O5. The van der Waals surface area contributed by atoms with E-state index in [1.54, 1.807) is 24.0 Å². The van der Waals surface area contributed by atoms with Gasteiger partial charge in [0.15, 0.2) is 0 Å². The van der Waals surface area contributed by atoms with Gasteiger partial charge in [0.25, 0.3) is 0 Å². The number of hydrogen-bond donors (Lipinski definition) is 0. The first-order valence-electron chi connectivity index (χ1n) is 7.19. The van der Waals surface area contributed by atoms with Gasteiger partial charge in [0.05, 0.1) is 13.7 Å². The molecule has 1 atom stereocenters. The number of likely N-dealkylation sites (tertiary alicyclic amines) is 1. The Morgan fingerprint density at radius 3 is 2.45 bits per heavy atom. The van der Waals surface area contributed by atoms with Crippen LogP contribution in [0, 0.1) is 11.3 Å². The smallest absolute Gasteiger partial charge is 0.417 e. The van der Waals surface area contributed by atoms with E-state index in [1.165, 1.54) is 24.4 Å². The molecule has 120 valence electrons. The highest BCUT2D eigenvalue weighted by atomic mass is 16.6. The quantitative estimate of drug-likeness (QED) is 0.577. The van der Waals surface area contributed by atoms with E-state index in [-0.39, 0.29) is 12.5 Å². The zero-order valence-corrected chi connectivity index (χ0v) is 12.9. The van der Waals surface area contributed by atoms with Crippen molar-refractivity contribution in [2.75, 3.05) is 26.8 Å². The average Bonchev–Trinajstić information content (AvgIpc) is 2.79. The molecule has 0 aliphatic carbocycles. The van der Waals surface area contributed by atoms with Gasteiger partial charge in [-0.25, -0.2) is 4.79 Å². The topological polar surface area (TPSA) is 76.2 Å². The second-order valence-corrected chi connectivity index (χ2v) is 5.16. The first-order chi connectivity index (χ1) is 10.5. The van der Waals surface area contributed by atoms with Crippen LogP contribution in [0.15, 0.2) is 24.6 Å². The maximum atomic E-state index is 12.4. The number of carbonyl (C=O) groups is 3. The van der Waals surface area contributed by atoms with Crippen LogP contribution in [0.5, 0.6) is 0 Å². The minimum atomic E-state index is -0.922. The Kier molecular flexibility index (Phi) is 4.54. The van der Waals surface area contributed by atoms with E-state index < -0.39 is 23.4 Å². The monoisotopic (exact) mass is 308 g/mol. The van der Waals surface area contributed by atoms with Crippen LogP contribution in [-0.4, -0.2) is 54.6 Å². The summed E-state index contributed by atoms with van der Waals surface area (Å²) in [6, 6.07) is 0. The van der Waals surface area contributed by atoms with Crippen LogP contribution in [0.1, 0.15) is 13.8 Å². The summed E-state index contributed by atoms with van der Waals surface area (Å²) in [6.45, 7) is 4.74. The molecule has 0 aromatic rings. The van der Waals surface area contributed by atoms with E-state index in [0.717, 1.165) is 0 Å². The second kappa shape index (κ2) is 6.21. The minimum Gasteiger partial charge on any atom is -0.468 e. The van der Waals surface area contributed by atoms with Crippen LogP contribution < -0.4 is 0 Å². The summed E-state index contributed by atoms with van der Waals surface area (Å²) in [4.78, 5) is 39.0. The molecule has 2 rings (SSSR count). The zero-order valence-electron chi connectivity index (χ0n) is 12.9. The number of rotatable bonds is 3. The number of ether oxygens (including phenoxy) is 2. The predicted molar refractivity (Wildman–Crippen MR) is 77.3 cm³/mol. The van der Waals surface area contributed by atoms with Crippen molar-refractivity contribution >= 4 is 18.0 Å². The summed E-state index contributed by atoms with van der Waals surface area (Å²) in [6.07, 6.45) is 5.94. The Balaban J connectivity index is 2.28. The van der Waals surface area contributed by atoms with Crippen molar-refractivity contribution in [2.45, 2.75) is 13.8 Å². The molecule has 0 bridgehead atoms.